The van der Waals surface area contributed by atoms with Crippen LogP contribution in [0.15, 0.2) is 6.07 Å². The Morgan fingerprint density at radius 3 is 1.55 bits per heavy atom. The zero-order valence-electron chi connectivity index (χ0n) is 20.0. The van der Waals surface area contributed by atoms with Crippen LogP contribution in [0.25, 0.3) is 0 Å². The molecular weight excluding hydrogens is 348 g/mol. The average molecular weight is 395 g/mol. The zero-order chi connectivity index (χ0) is 20.5. The molecule has 0 bridgehead atoms. The predicted molar refractivity (Wildman–Crippen MR) is 127 cm³/mol. The first kappa shape index (κ1) is 21.5. The Morgan fingerprint density at radius 1 is 0.552 bits per heavy atom. The van der Waals surface area contributed by atoms with Crippen LogP contribution >= 0.6 is 0 Å². The molecule has 0 radical (unpaired) electrons. The maximum Gasteiger partial charge on any atom is -0.0156 e. The molecule has 3 aliphatic carbocycles. The molecule has 0 nitrogen and oxygen atoms in total. The quantitative estimate of drug-likeness (QED) is 0.479. The van der Waals surface area contributed by atoms with Crippen molar-refractivity contribution in [1.29, 1.82) is 0 Å². The van der Waals surface area contributed by atoms with Gasteiger partial charge in [0, 0.05) is 0 Å². The molecule has 3 aliphatic rings. The Kier molecular flexibility index (Phi) is 6.77. The molecule has 0 saturated heterocycles. The van der Waals surface area contributed by atoms with E-state index in [0.717, 1.165) is 35.5 Å². The van der Waals surface area contributed by atoms with Crippen molar-refractivity contribution in [3.8, 4) is 0 Å². The third kappa shape index (κ3) is 4.62. The van der Waals surface area contributed by atoms with Crippen molar-refractivity contribution in [2.75, 3.05) is 0 Å². The molecule has 4 rings (SSSR count). The summed E-state index contributed by atoms with van der Waals surface area (Å²) in [4.78, 5) is 0. The lowest BCUT2D eigenvalue weighted by Gasteiger charge is -2.38. The minimum absolute atomic E-state index is 0.823. The molecule has 0 amide bonds. The van der Waals surface area contributed by atoms with Crippen molar-refractivity contribution in [1.82, 2.24) is 0 Å². The number of rotatable bonds is 3. The molecule has 0 aromatic heterocycles. The predicted octanol–water partition coefficient (Wildman–Crippen LogP) is 9.01. The van der Waals surface area contributed by atoms with E-state index in [1.54, 1.807) is 27.8 Å². The molecule has 0 heterocycles. The molecule has 1 aromatic rings. The minimum atomic E-state index is 0.823. The summed E-state index contributed by atoms with van der Waals surface area (Å²) < 4.78 is 0. The summed E-state index contributed by atoms with van der Waals surface area (Å²) in [5, 5.41) is 0. The molecule has 0 aliphatic heterocycles. The molecule has 29 heavy (non-hydrogen) atoms. The lowest BCUT2D eigenvalue weighted by atomic mass is 9.67. The second kappa shape index (κ2) is 9.15. The molecule has 0 spiro atoms. The van der Waals surface area contributed by atoms with Crippen LogP contribution in [0.5, 0.6) is 0 Å². The van der Waals surface area contributed by atoms with E-state index in [0.29, 0.717) is 0 Å². The third-order valence-corrected chi connectivity index (χ3v) is 9.56. The number of aryl methyl sites for hydroxylation is 1. The molecule has 0 unspecified atom stereocenters. The van der Waals surface area contributed by atoms with Gasteiger partial charge in [0.2, 0.25) is 0 Å². The highest BCUT2D eigenvalue weighted by Crippen LogP contribution is 2.46. The van der Waals surface area contributed by atoms with E-state index in [1.807, 2.05) is 0 Å². The van der Waals surface area contributed by atoms with Crippen molar-refractivity contribution in [2.24, 2.45) is 23.7 Å². The molecule has 1 aromatic carbocycles. The summed E-state index contributed by atoms with van der Waals surface area (Å²) in [6, 6.07) is 2.63. The molecule has 0 N–H and O–H groups in total. The van der Waals surface area contributed by atoms with E-state index in [4.69, 9.17) is 0 Å². The summed E-state index contributed by atoms with van der Waals surface area (Å²) in [7, 11) is 0. The molecule has 162 valence electrons. The summed E-state index contributed by atoms with van der Waals surface area (Å²) in [6.45, 7) is 12.2. The second-order valence-corrected chi connectivity index (χ2v) is 11.5. The molecule has 0 heteroatoms. The second-order valence-electron chi connectivity index (χ2n) is 11.5. The van der Waals surface area contributed by atoms with Gasteiger partial charge in [-0.05, 0) is 135 Å². The first-order valence-corrected chi connectivity index (χ1v) is 13.0. The van der Waals surface area contributed by atoms with E-state index >= 15 is 0 Å². The monoisotopic (exact) mass is 394 g/mol. The van der Waals surface area contributed by atoms with Crippen molar-refractivity contribution < 1.29 is 0 Å². The Balaban J connectivity index is 1.44. The zero-order valence-corrected chi connectivity index (χ0v) is 20.0. The average Bonchev–Trinajstić information content (AvgIpc) is 2.73. The van der Waals surface area contributed by atoms with Crippen LogP contribution < -0.4 is 0 Å². The van der Waals surface area contributed by atoms with Gasteiger partial charge in [0.05, 0.1) is 0 Å². The van der Waals surface area contributed by atoms with E-state index in [9.17, 15) is 0 Å². The Hall–Kier alpha value is -0.780. The van der Waals surface area contributed by atoms with E-state index in [2.05, 4.69) is 40.7 Å². The Bertz CT molecular complexity index is 674. The molecular formula is C29H46. The molecule has 3 saturated carbocycles. The van der Waals surface area contributed by atoms with Crippen LogP contribution in [0.2, 0.25) is 0 Å². The smallest absolute Gasteiger partial charge is 0.0156 e. The standard InChI is InChI=1S/C29H46/c1-19-6-10-24(11-7-19)25-14-16-26(17-15-25)28-18-21(3)29(23(5)22(28)4)27-12-8-20(2)9-13-27/h18-20,24-27H,6-17H2,1-5H3. The fourth-order valence-corrected chi connectivity index (χ4v) is 7.39. The number of benzene rings is 1. The number of hydrogen-bond acceptors (Lipinski definition) is 0. The van der Waals surface area contributed by atoms with Gasteiger partial charge in [0.15, 0.2) is 0 Å². The molecule has 0 atom stereocenters. The van der Waals surface area contributed by atoms with Crippen molar-refractivity contribution in [2.45, 2.75) is 124 Å². The maximum absolute atomic E-state index is 2.63. The van der Waals surface area contributed by atoms with Gasteiger partial charge in [-0.1, -0.05) is 45.6 Å². The largest absolute Gasteiger partial charge is 0.0625 e. The van der Waals surface area contributed by atoms with Crippen molar-refractivity contribution in [3.63, 3.8) is 0 Å². The van der Waals surface area contributed by atoms with E-state index in [1.165, 1.54) is 77.0 Å². The summed E-state index contributed by atoms with van der Waals surface area (Å²) in [6.07, 6.45) is 17.5. The SMILES string of the molecule is Cc1cc(C2CCC(C3CCC(C)CC3)CC2)c(C)c(C)c1C1CCC(C)CC1. The third-order valence-electron chi connectivity index (χ3n) is 9.56. The number of hydrogen-bond donors (Lipinski definition) is 0. The lowest BCUT2D eigenvalue weighted by molar-refractivity contribution is 0.165. The van der Waals surface area contributed by atoms with Crippen molar-refractivity contribution >= 4 is 0 Å². The van der Waals surface area contributed by atoms with Gasteiger partial charge >= 0.3 is 0 Å². The fraction of sp³-hybridized carbons (Fsp3) is 0.793. The lowest BCUT2D eigenvalue weighted by Crippen LogP contribution is -2.25. The normalized spacial score (nSPS) is 36.2. The molecule has 3 fully saturated rings. The van der Waals surface area contributed by atoms with Crippen LogP contribution in [0.4, 0.5) is 0 Å². The topological polar surface area (TPSA) is 0 Å². The van der Waals surface area contributed by atoms with Crippen LogP contribution in [-0.4, -0.2) is 0 Å². The summed E-state index contributed by atoms with van der Waals surface area (Å²) in [5.74, 6) is 5.66. The van der Waals surface area contributed by atoms with Gasteiger partial charge in [-0.3, -0.25) is 0 Å². The summed E-state index contributed by atoms with van der Waals surface area (Å²) >= 11 is 0. The van der Waals surface area contributed by atoms with Crippen molar-refractivity contribution in [3.05, 3.63) is 33.9 Å². The van der Waals surface area contributed by atoms with Gasteiger partial charge in [-0.15, -0.1) is 0 Å². The maximum atomic E-state index is 2.63. The van der Waals surface area contributed by atoms with Gasteiger partial charge < -0.3 is 0 Å². The summed E-state index contributed by atoms with van der Waals surface area (Å²) in [5.41, 5.74) is 8.32. The van der Waals surface area contributed by atoms with E-state index < -0.39 is 0 Å². The van der Waals surface area contributed by atoms with Crippen LogP contribution in [0.1, 0.15) is 131 Å². The van der Waals surface area contributed by atoms with E-state index in [-0.39, 0.29) is 0 Å². The fourth-order valence-electron chi connectivity index (χ4n) is 7.39. The van der Waals surface area contributed by atoms with Crippen LogP contribution in [0, 0.1) is 44.4 Å². The van der Waals surface area contributed by atoms with Gasteiger partial charge in [0.25, 0.3) is 0 Å². The van der Waals surface area contributed by atoms with Gasteiger partial charge in [0.1, 0.15) is 0 Å². The first-order chi connectivity index (χ1) is 13.9. The Morgan fingerprint density at radius 2 is 1.00 bits per heavy atom. The minimum Gasteiger partial charge on any atom is -0.0625 e. The first-order valence-electron chi connectivity index (χ1n) is 13.0. The van der Waals surface area contributed by atoms with Crippen LogP contribution in [0.3, 0.4) is 0 Å². The van der Waals surface area contributed by atoms with Crippen LogP contribution in [-0.2, 0) is 0 Å². The Labute approximate surface area is 181 Å². The highest BCUT2D eigenvalue weighted by atomic mass is 14.4. The van der Waals surface area contributed by atoms with Gasteiger partial charge in [-0.25, -0.2) is 0 Å². The highest BCUT2D eigenvalue weighted by Gasteiger charge is 2.32. The highest BCUT2D eigenvalue weighted by molar-refractivity contribution is 5.47. The van der Waals surface area contributed by atoms with Gasteiger partial charge in [-0.2, -0.15) is 0 Å².